The first-order chi connectivity index (χ1) is 16.8. The van der Waals surface area contributed by atoms with Crippen molar-refractivity contribution in [2.45, 2.75) is 57.3 Å². The number of nitrogens with zero attached hydrogens (tertiary/aromatic N) is 3. The van der Waals surface area contributed by atoms with E-state index < -0.39 is 12.2 Å². The Hall–Kier alpha value is -3.17. The minimum atomic E-state index is -1.09. The molecule has 4 amide bonds. The number of anilines is 1. The summed E-state index contributed by atoms with van der Waals surface area (Å²) in [4.78, 5) is 47.2. The number of carbonyl (C=O) groups excluding carboxylic acids is 3. The second kappa shape index (κ2) is 11.0. The molecular formula is C25H31ClN6O3. The minimum Gasteiger partial charge on any atom is -0.350 e. The van der Waals surface area contributed by atoms with Gasteiger partial charge in [0.2, 0.25) is 0 Å². The van der Waals surface area contributed by atoms with Crippen molar-refractivity contribution < 1.29 is 14.4 Å². The number of urea groups is 1. The van der Waals surface area contributed by atoms with E-state index in [2.05, 4.69) is 15.6 Å². The van der Waals surface area contributed by atoms with Crippen molar-refractivity contribution in [3.8, 4) is 0 Å². The van der Waals surface area contributed by atoms with Crippen LogP contribution in [0.4, 0.5) is 10.5 Å². The van der Waals surface area contributed by atoms with E-state index in [1.165, 1.54) is 22.1 Å². The zero-order valence-corrected chi connectivity index (χ0v) is 20.5. The summed E-state index contributed by atoms with van der Waals surface area (Å²) in [5, 5.41) is 6.21. The molecule has 1 aromatic carbocycles. The molecule has 0 bridgehead atoms. The van der Waals surface area contributed by atoms with Gasteiger partial charge in [-0.15, -0.1) is 0 Å². The van der Waals surface area contributed by atoms with Gasteiger partial charge in [0.05, 0.1) is 5.56 Å². The van der Waals surface area contributed by atoms with Crippen molar-refractivity contribution in [2.24, 2.45) is 5.73 Å². The second-order valence-corrected chi connectivity index (χ2v) is 9.60. The van der Waals surface area contributed by atoms with Crippen molar-refractivity contribution in [2.75, 3.05) is 18.4 Å². The SMILES string of the molecule is Cc1cccc(NC(=O)N2CCCN(C(=O)c3ccc(Cl)nc3)C2C(=O)NC2CCC(N)CC2)c1. The highest BCUT2D eigenvalue weighted by molar-refractivity contribution is 6.29. The van der Waals surface area contributed by atoms with E-state index in [0.717, 1.165) is 31.2 Å². The van der Waals surface area contributed by atoms with Gasteiger partial charge in [-0.05, 0) is 68.9 Å². The highest BCUT2D eigenvalue weighted by atomic mass is 35.5. The molecule has 1 saturated heterocycles. The summed E-state index contributed by atoms with van der Waals surface area (Å²) in [6, 6.07) is 10.2. The van der Waals surface area contributed by atoms with Gasteiger partial charge in [0.25, 0.3) is 11.8 Å². The molecule has 9 nitrogen and oxygen atoms in total. The third-order valence-corrected chi connectivity index (χ3v) is 6.73. The van der Waals surface area contributed by atoms with Gasteiger partial charge >= 0.3 is 6.03 Å². The monoisotopic (exact) mass is 498 g/mol. The first kappa shape index (κ1) is 24.9. The number of rotatable bonds is 4. The Kier molecular flexibility index (Phi) is 7.87. The Balaban J connectivity index is 1.58. The minimum absolute atomic E-state index is 0.0416. The lowest BCUT2D eigenvalue weighted by Gasteiger charge is -2.43. The number of aryl methyl sites for hydroxylation is 1. The van der Waals surface area contributed by atoms with Crippen LogP contribution in [0.15, 0.2) is 42.6 Å². The van der Waals surface area contributed by atoms with Crippen molar-refractivity contribution in [1.29, 1.82) is 0 Å². The summed E-state index contributed by atoms with van der Waals surface area (Å²) in [6.07, 6.45) is 4.02. The van der Waals surface area contributed by atoms with Gasteiger partial charge < -0.3 is 21.3 Å². The summed E-state index contributed by atoms with van der Waals surface area (Å²) in [5.41, 5.74) is 7.94. The average Bonchev–Trinajstić information content (AvgIpc) is 2.85. The van der Waals surface area contributed by atoms with E-state index in [-0.39, 0.29) is 29.1 Å². The summed E-state index contributed by atoms with van der Waals surface area (Å²) in [7, 11) is 0. The Morgan fingerprint density at radius 2 is 1.80 bits per heavy atom. The number of hydrogen-bond donors (Lipinski definition) is 3. The van der Waals surface area contributed by atoms with Gasteiger partial charge in [-0.2, -0.15) is 0 Å². The zero-order chi connectivity index (χ0) is 24.9. The number of nitrogens with one attached hydrogen (secondary N) is 2. The van der Waals surface area contributed by atoms with Crippen LogP contribution in [0.2, 0.25) is 5.15 Å². The predicted molar refractivity (Wildman–Crippen MR) is 134 cm³/mol. The number of pyridine rings is 1. The lowest BCUT2D eigenvalue weighted by Crippen LogP contribution is -2.65. The van der Waals surface area contributed by atoms with Crippen molar-refractivity contribution in [1.82, 2.24) is 20.1 Å². The molecule has 10 heteroatoms. The van der Waals surface area contributed by atoms with Crippen LogP contribution >= 0.6 is 11.6 Å². The lowest BCUT2D eigenvalue weighted by atomic mass is 9.91. The van der Waals surface area contributed by atoms with Crippen LogP contribution in [0.25, 0.3) is 0 Å². The molecule has 2 aliphatic rings. The fraction of sp³-hybridized carbons (Fsp3) is 0.440. The van der Waals surface area contributed by atoms with Gasteiger partial charge in [0, 0.05) is 37.1 Å². The van der Waals surface area contributed by atoms with Crippen LogP contribution in [0.3, 0.4) is 0 Å². The van der Waals surface area contributed by atoms with Crippen LogP contribution in [-0.2, 0) is 4.79 Å². The maximum absolute atomic E-state index is 13.6. The molecule has 4 N–H and O–H groups in total. The highest BCUT2D eigenvalue weighted by Crippen LogP contribution is 2.23. The van der Waals surface area contributed by atoms with Gasteiger partial charge in [0.15, 0.2) is 6.17 Å². The van der Waals surface area contributed by atoms with E-state index in [1.807, 2.05) is 25.1 Å². The maximum atomic E-state index is 13.6. The van der Waals surface area contributed by atoms with Crippen LogP contribution in [0.1, 0.15) is 48.0 Å². The first-order valence-corrected chi connectivity index (χ1v) is 12.3. The third kappa shape index (κ3) is 6.10. The molecule has 1 aliphatic heterocycles. The van der Waals surface area contributed by atoms with Crippen molar-refractivity contribution in [3.63, 3.8) is 0 Å². The van der Waals surface area contributed by atoms with Crippen LogP contribution in [-0.4, -0.2) is 64.0 Å². The zero-order valence-electron chi connectivity index (χ0n) is 19.7. The summed E-state index contributed by atoms with van der Waals surface area (Å²) >= 11 is 5.88. The van der Waals surface area contributed by atoms with Gasteiger partial charge in [0.1, 0.15) is 5.15 Å². The fourth-order valence-electron chi connectivity index (χ4n) is 4.66. The summed E-state index contributed by atoms with van der Waals surface area (Å²) < 4.78 is 0. The molecule has 2 heterocycles. The molecular weight excluding hydrogens is 468 g/mol. The van der Waals surface area contributed by atoms with E-state index in [9.17, 15) is 14.4 Å². The molecule has 186 valence electrons. The smallest absolute Gasteiger partial charge is 0.323 e. The number of carbonyl (C=O) groups is 3. The fourth-order valence-corrected chi connectivity index (χ4v) is 4.77. The Morgan fingerprint density at radius 3 is 2.49 bits per heavy atom. The van der Waals surface area contributed by atoms with Gasteiger partial charge in [-0.3, -0.25) is 14.5 Å². The first-order valence-electron chi connectivity index (χ1n) is 11.9. The Labute approximate surface area is 210 Å². The molecule has 2 fully saturated rings. The number of nitrogens with two attached hydrogens (primary N) is 1. The molecule has 1 atom stereocenters. The summed E-state index contributed by atoms with van der Waals surface area (Å²) in [6.45, 7) is 2.61. The van der Waals surface area contributed by atoms with E-state index in [1.54, 1.807) is 12.1 Å². The second-order valence-electron chi connectivity index (χ2n) is 9.21. The number of halogens is 1. The summed E-state index contributed by atoms with van der Waals surface area (Å²) in [5.74, 6) is -0.757. The molecule has 1 aromatic heterocycles. The molecule has 35 heavy (non-hydrogen) atoms. The molecule has 1 saturated carbocycles. The van der Waals surface area contributed by atoms with Crippen LogP contribution in [0, 0.1) is 6.92 Å². The predicted octanol–water partition coefficient (Wildman–Crippen LogP) is 3.14. The van der Waals surface area contributed by atoms with Crippen molar-refractivity contribution in [3.05, 3.63) is 58.9 Å². The average molecular weight is 499 g/mol. The topological polar surface area (TPSA) is 121 Å². The largest absolute Gasteiger partial charge is 0.350 e. The third-order valence-electron chi connectivity index (χ3n) is 6.51. The molecule has 2 aromatic rings. The van der Waals surface area contributed by atoms with Gasteiger partial charge in [-0.1, -0.05) is 23.7 Å². The number of amides is 4. The van der Waals surface area contributed by atoms with E-state index in [0.29, 0.717) is 30.8 Å². The van der Waals surface area contributed by atoms with Crippen LogP contribution < -0.4 is 16.4 Å². The highest BCUT2D eigenvalue weighted by Gasteiger charge is 2.41. The maximum Gasteiger partial charge on any atom is 0.323 e. The number of benzene rings is 1. The molecule has 1 unspecified atom stereocenters. The molecule has 0 radical (unpaired) electrons. The Bertz CT molecular complexity index is 1070. The van der Waals surface area contributed by atoms with Crippen molar-refractivity contribution >= 4 is 35.1 Å². The number of hydrogen-bond acceptors (Lipinski definition) is 5. The van der Waals surface area contributed by atoms with E-state index >= 15 is 0 Å². The number of aromatic nitrogens is 1. The van der Waals surface area contributed by atoms with Gasteiger partial charge in [-0.25, -0.2) is 9.78 Å². The Morgan fingerprint density at radius 1 is 1.06 bits per heavy atom. The quantitative estimate of drug-likeness (QED) is 0.559. The normalized spacial score (nSPS) is 22.4. The molecule has 0 spiro atoms. The molecule has 4 rings (SSSR count). The lowest BCUT2D eigenvalue weighted by molar-refractivity contribution is -0.133. The van der Waals surface area contributed by atoms with E-state index in [4.69, 9.17) is 17.3 Å². The van der Waals surface area contributed by atoms with Crippen LogP contribution in [0.5, 0.6) is 0 Å². The standard InChI is InChI=1S/C25H31ClN6O3/c1-16-4-2-5-20(14-16)30-25(35)32-13-3-12-31(24(34)17-6-11-21(26)28-15-17)23(32)22(33)29-19-9-7-18(27)8-10-19/h2,4-6,11,14-15,18-19,23H,3,7-10,12-13,27H2,1H3,(H,29,33)(H,30,35). The molecule has 1 aliphatic carbocycles.